The molecule has 7 nitrogen and oxygen atoms in total. The quantitative estimate of drug-likeness (QED) is 0.465. The Kier molecular flexibility index (Phi) is 5.80. The third kappa shape index (κ3) is 4.59. The number of hydrogen-bond acceptors (Lipinski definition) is 5. The molecule has 5 rings (SSSR count). The number of halogens is 1. The molecule has 1 amide bonds. The molecule has 33 heavy (non-hydrogen) atoms. The fraction of sp³-hybridized carbons (Fsp3) is 0.200. The minimum atomic E-state index is -0.283. The van der Waals surface area contributed by atoms with Crippen molar-refractivity contribution in [1.82, 2.24) is 25.1 Å². The fourth-order valence-corrected chi connectivity index (χ4v) is 4.30. The highest BCUT2D eigenvalue weighted by atomic mass is 19.1. The molecule has 8 heteroatoms. The Balaban J connectivity index is 1.33. The first-order valence-electron chi connectivity index (χ1n) is 10.9. The number of hydrogen-bond donors (Lipinski definition) is 2. The first-order chi connectivity index (χ1) is 16.2. The van der Waals surface area contributed by atoms with Gasteiger partial charge in [0, 0.05) is 53.9 Å². The SMILES string of the molecule is O=C(c1cccc(Nc2ncccn2)c1)N1CCCC(c2[nH]ncc2-c2cccc(F)c2)C1. The van der Waals surface area contributed by atoms with E-state index >= 15 is 0 Å². The first kappa shape index (κ1) is 20.8. The Morgan fingerprint density at radius 3 is 2.79 bits per heavy atom. The van der Waals surface area contributed by atoms with Gasteiger partial charge in [-0.05, 0) is 54.8 Å². The van der Waals surface area contributed by atoms with Crippen molar-refractivity contribution in [1.29, 1.82) is 0 Å². The lowest BCUT2D eigenvalue weighted by Gasteiger charge is -2.33. The average molecular weight is 442 g/mol. The molecule has 1 atom stereocenters. The smallest absolute Gasteiger partial charge is 0.253 e. The fourth-order valence-electron chi connectivity index (χ4n) is 4.30. The number of nitrogens with one attached hydrogen (secondary N) is 2. The molecule has 1 aliphatic heterocycles. The van der Waals surface area contributed by atoms with Gasteiger partial charge in [0.25, 0.3) is 5.91 Å². The van der Waals surface area contributed by atoms with Crippen molar-refractivity contribution in [2.24, 2.45) is 0 Å². The minimum Gasteiger partial charge on any atom is -0.338 e. The number of piperidine rings is 1. The van der Waals surface area contributed by atoms with E-state index in [1.807, 2.05) is 35.2 Å². The normalized spacial score (nSPS) is 15.9. The van der Waals surface area contributed by atoms with Crippen molar-refractivity contribution >= 4 is 17.5 Å². The number of carbonyl (C=O) groups excluding carboxylic acids is 1. The molecule has 2 aromatic heterocycles. The van der Waals surface area contributed by atoms with Gasteiger partial charge in [0.05, 0.1) is 6.20 Å². The van der Waals surface area contributed by atoms with Gasteiger partial charge in [-0.3, -0.25) is 9.89 Å². The van der Waals surface area contributed by atoms with Crippen LogP contribution in [0.4, 0.5) is 16.0 Å². The number of amides is 1. The average Bonchev–Trinajstić information content (AvgIpc) is 3.35. The molecular weight excluding hydrogens is 419 g/mol. The molecular formula is C25H23FN6O. The molecule has 166 valence electrons. The maximum Gasteiger partial charge on any atom is 0.253 e. The largest absolute Gasteiger partial charge is 0.338 e. The van der Waals surface area contributed by atoms with E-state index in [9.17, 15) is 9.18 Å². The van der Waals surface area contributed by atoms with Crippen molar-refractivity contribution in [2.75, 3.05) is 18.4 Å². The van der Waals surface area contributed by atoms with Gasteiger partial charge < -0.3 is 10.2 Å². The highest BCUT2D eigenvalue weighted by molar-refractivity contribution is 5.95. The lowest BCUT2D eigenvalue weighted by Crippen LogP contribution is -2.39. The summed E-state index contributed by atoms with van der Waals surface area (Å²) in [5.74, 6) is 0.269. The van der Waals surface area contributed by atoms with Crippen LogP contribution in [0.2, 0.25) is 0 Å². The summed E-state index contributed by atoms with van der Waals surface area (Å²) in [6.45, 7) is 1.26. The maximum atomic E-state index is 13.8. The molecule has 0 spiro atoms. The third-order valence-electron chi connectivity index (χ3n) is 5.85. The standard InChI is InChI=1S/C25H23FN6O/c26-20-8-1-5-17(13-20)22-15-29-31-23(22)19-7-3-12-32(16-19)24(33)18-6-2-9-21(14-18)30-25-27-10-4-11-28-25/h1-2,4-6,8-11,13-15,19H,3,7,12,16H2,(H,29,31)(H,27,28,30). The number of benzene rings is 2. The molecule has 3 heterocycles. The highest BCUT2D eigenvalue weighted by Crippen LogP contribution is 2.33. The Bertz CT molecular complexity index is 1260. The molecule has 0 aliphatic carbocycles. The third-order valence-corrected chi connectivity index (χ3v) is 5.85. The maximum absolute atomic E-state index is 13.8. The van der Waals surface area contributed by atoms with Crippen LogP contribution in [0.3, 0.4) is 0 Å². The molecule has 2 N–H and O–H groups in total. The monoisotopic (exact) mass is 442 g/mol. The molecule has 1 unspecified atom stereocenters. The summed E-state index contributed by atoms with van der Waals surface area (Å²) in [6, 6.07) is 15.6. The molecule has 1 aliphatic rings. The Morgan fingerprint density at radius 1 is 1.09 bits per heavy atom. The van der Waals surface area contributed by atoms with Crippen molar-refractivity contribution in [2.45, 2.75) is 18.8 Å². The molecule has 1 fully saturated rings. The number of aromatic nitrogens is 4. The van der Waals surface area contributed by atoms with Gasteiger partial charge >= 0.3 is 0 Å². The lowest BCUT2D eigenvalue weighted by molar-refractivity contribution is 0.0706. The van der Waals surface area contributed by atoms with Crippen LogP contribution in [0, 0.1) is 5.82 Å². The van der Waals surface area contributed by atoms with E-state index in [0.29, 0.717) is 24.6 Å². The second-order valence-electron chi connectivity index (χ2n) is 8.08. The Hall–Kier alpha value is -4.07. The zero-order valence-electron chi connectivity index (χ0n) is 17.9. The topological polar surface area (TPSA) is 86.8 Å². The molecule has 4 aromatic rings. The molecule has 1 saturated heterocycles. The number of carbonyl (C=O) groups is 1. The summed E-state index contributed by atoms with van der Waals surface area (Å²) >= 11 is 0. The van der Waals surface area contributed by atoms with Crippen LogP contribution >= 0.6 is 0 Å². The van der Waals surface area contributed by atoms with E-state index in [-0.39, 0.29) is 17.6 Å². The molecule has 2 aromatic carbocycles. The summed E-state index contributed by atoms with van der Waals surface area (Å²) in [7, 11) is 0. The number of rotatable bonds is 5. The zero-order valence-corrected chi connectivity index (χ0v) is 17.9. The van der Waals surface area contributed by atoms with Crippen LogP contribution in [-0.2, 0) is 0 Å². The van der Waals surface area contributed by atoms with E-state index in [4.69, 9.17) is 0 Å². The summed E-state index contributed by atoms with van der Waals surface area (Å²) in [4.78, 5) is 23.5. The predicted molar refractivity (Wildman–Crippen MR) is 124 cm³/mol. The summed E-state index contributed by atoms with van der Waals surface area (Å²) in [5.41, 5.74) is 3.95. The Morgan fingerprint density at radius 2 is 1.94 bits per heavy atom. The zero-order chi connectivity index (χ0) is 22.6. The van der Waals surface area contributed by atoms with Gasteiger partial charge in [-0.25, -0.2) is 14.4 Å². The minimum absolute atomic E-state index is 0.0239. The van der Waals surface area contributed by atoms with Crippen LogP contribution in [0.1, 0.15) is 34.8 Å². The van der Waals surface area contributed by atoms with Crippen molar-refractivity contribution < 1.29 is 9.18 Å². The number of likely N-dealkylation sites (tertiary alicyclic amines) is 1. The van der Waals surface area contributed by atoms with Gasteiger partial charge in [-0.1, -0.05) is 18.2 Å². The Labute approximate surface area is 190 Å². The second kappa shape index (κ2) is 9.20. The summed E-state index contributed by atoms with van der Waals surface area (Å²) in [6.07, 6.45) is 6.86. The lowest BCUT2D eigenvalue weighted by atomic mass is 9.90. The van der Waals surface area contributed by atoms with E-state index in [1.165, 1.54) is 12.1 Å². The number of aromatic amines is 1. The van der Waals surface area contributed by atoms with Crippen molar-refractivity contribution in [3.05, 3.63) is 90.3 Å². The molecule has 0 radical (unpaired) electrons. The van der Waals surface area contributed by atoms with E-state index in [2.05, 4.69) is 25.5 Å². The second-order valence-corrected chi connectivity index (χ2v) is 8.08. The summed E-state index contributed by atoms with van der Waals surface area (Å²) < 4.78 is 13.8. The number of nitrogens with zero attached hydrogens (tertiary/aromatic N) is 4. The van der Waals surface area contributed by atoms with Crippen LogP contribution in [0.5, 0.6) is 0 Å². The van der Waals surface area contributed by atoms with Crippen molar-refractivity contribution in [3.8, 4) is 11.1 Å². The molecule has 0 saturated carbocycles. The molecule has 0 bridgehead atoms. The summed E-state index contributed by atoms with van der Waals surface area (Å²) in [5, 5.41) is 10.4. The van der Waals surface area contributed by atoms with E-state index in [0.717, 1.165) is 35.3 Å². The van der Waals surface area contributed by atoms with E-state index in [1.54, 1.807) is 30.7 Å². The van der Waals surface area contributed by atoms with Gasteiger partial charge in [0.1, 0.15) is 5.82 Å². The number of anilines is 2. The van der Waals surface area contributed by atoms with Crippen LogP contribution < -0.4 is 5.32 Å². The van der Waals surface area contributed by atoms with Crippen LogP contribution in [0.15, 0.2) is 73.2 Å². The van der Waals surface area contributed by atoms with Gasteiger partial charge in [-0.15, -0.1) is 0 Å². The van der Waals surface area contributed by atoms with Gasteiger partial charge in [-0.2, -0.15) is 5.10 Å². The van der Waals surface area contributed by atoms with Crippen LogP contribution in [-0.4, -0.2) is 44.1 Å². The van der Waals surface area contributed by atoms with E-state index < -0.39 is 0 Å². The predicted octanol–water partition coefficient (Wildman–Crippen LogP) is 4.77. The van der Waals surface area contributed by atoms with Gasteiger partial charge in [0.15, 0.2) is 0 Å². The number of H-pyrrole nitrogens is 1. The highest BCUT2D eigenvalue weighted by Gasteiger charge is 2.28. The van der Waals surface area contributed by atoms with Crippen molar-refractivity contribution in [3.63, 3.8) is 0 Å². The van der Waals surface area contributed by atoms with Crippen LogP contribution in [0.25, 0.3) is 11.1 Å². The van der Waals surface area contributed by atoms with Gasteiger partial charge in [0.2, 0.25) is 5.95 Å². The first-order valence-corrected chi connectivity index (χ1v) is 10.9.